The number of carboxylic acids is 1. The Morgan fingerprint density at radius 2 is 1.53 bits per heavy atom. The molecule has 5 rings (SSSR count). The fourth-order valence-corrected chi connectivity index (χ4v) is 6.39. The number of aromatic nitrogens is 1. The first-order valence-corrected chi connectivity index (χ1v) is 17.0. The van der Waals surface area contributed by atoms with Gasteiger partial charge < -0.3 is 40.3 Å². The van der Waals surface area contributed by atoms with Crippen molar-refractivity contribution in [3.8, 4) is 0 Å². The molecule has 2 aromatic carbocycles. The summed E-state index contributed by atoms with van der Waals surface area (Å²) in [6, 6.07) is 12.7. The second-order valence-corrected chi connectivity index (χ2v) is 13.4. The average molecular weight is 724 g/mol. The minimum absolute atomic E-state index is 0. The van der Waals surface area contributed by atoms with Crippen molar-refractivity contribution in [3.63, 3.8) is 0 Å². The van der Waals surface area contributed by atoms with E-state index in [9.17, 15) is 22.8 Å². The lowest BCUT2D eigenvalue weighted by atomic mass is 10.0. The zero-order valence-corrected chi connectivity index (χ0v) is 28.8. The van der Waals surface area contributed by atoms with Crippen molar-refractivity contribution in [2.24, 2.45) is 12.0 Å². The summed E-state index contributed by atoms with van der Waals surface area (Å²) in [5.74, 6) is -1.97. The maximum absolute atomic E-state index is 12.8. The molecule has 0 radical (unpaired) electrons. The van der Waals surface area contributed by atoms with Gasteiger partial charge in [0.2, 0.25) is 0 Å². The highest BCUT2D eigenvalue weighted by atomic mass is 32.2. The number of piperidine rings is 1. The predicted octanol–water partition coefficient (Wildman–Crippen LogP) is 1.10. The smallest absolute Gasteiger partial charge is 0.305 e. The summed E-state index contributed by atoms with van der Waals surface area (Å²) in [4.78, 5) is 42.7. The van der Waals surface area contributed by atoms with Crippen LogP contribution in [0.5, 0.6) is 0 Å². The molecule has 49 heavy (non-hydrogen) atoms. The highest BCUT2D eigenvalue weighted by molar-refractivity contribution is 7.85. The third-order valence-electron chi connectivity index (χ3n) is 7.72. The van der Waals surface area contributed by atoms with E-state index in [0.717, 1.165) is 16.9 Å². The van der Waals surface area contributed by atoms with Crippen molar-refractivity contribution in [2.45, 2.75) is 43.8 Å². The van der Waals surface area contributed by atoms with Crippen molar-refractivity contribution in [2.75, 3.05) is 32.8 Å². The van der Waals surface area contributed by atoms with Crippen LogP contribution in [0.1, 0.15) is 56.1 Å². The normalized spacial score (nSPS) is 15.3. The van der Waals surface area contributed by atoms with Crippen molar-refractivity contribution in [3.05, 3.63) is 80.6 Å². The number of benzene rings is 2. The van der Waals surface area contributed by atoms with Crippen LogP contribution in [0, 0.1) is 19.3 Å². The van der Waals surface area contributed by atoms with Crippen molar-refractivity contribution < 1.29 is 52.9 Å². The summed E-state index contributed by atoms with van der Waals surface area (Å²) in [5.41, 5.74) is 2.65. The van der Waals surface area contributed by atoms with Crippen LogP contribution in [0.3, 0.4) is 0 Å². The van der Waals surface area contributed by atoms with Crippen LogP contribution < -0.4 is 10.1 Å². The number of rotatable bonds is 7. The van der Waals surface area contributed by atoms with Gasteiger partial charge in [-0.2, -0.15) is 13.4 Å². The maximum Gasteiger partial charge on any atom is 0.305 e. The van der Waals surface area contributed by atoms with Crippen LogP contribution >= 0.6 is 11.3 Å². The number of nitrogens with zero attached hydrogens (tertiary/aromatic N) is 3. The number of amides is 2. The molecule has 2 fully saturated rings. The summed E-state index contributed by atoms with van der Waals surface area (Å²) in [6.07, 6.45) is 1.25. The van der Waals surface area contributed by atoms with E-state index in [-0.39, 0.29) is 28.8 Å². The standard InChI is InChI=1S/C24H29N5O6S.C7H8O3S.2H2O/c1-15-19(22(33)26-10-7-18(30)31)36-23(28(15)2)27-21(32)17-5-3-16(4-6-17)20(25)29-11-8-24(9-12-29)34-13-14-35-24;1-6-2-4-7(5-3-6)11(8,9)10;;/h3-6,25H,7-14H2,1-2H3,(H,26,33)(H,30,31);2-5H,1H3,(H,8,9,10);2*1H2. The first kappa shape index (κ1) is 40.9. The number of hydrogen-bond acceptors (Lipinski definition) is 9. The van der Waals surface area contributed by atoms with Gasteiger partial charge in [-0.05, 0) is 38.1 Å². The molecule has 3 aromatic rings. The van der Waals surface area contributed by atoms with E-state index in [0.29, 0.717) is 71.5 Å². The van der Waals surface area contributed by atoms with Gasteiger partial charge in [0, 0.05) is 56.3 Å². The highest BCUT2D eigenvalue weighted by Gasteiger charge is 2.40. The number of thiazole rings is 1. The SMILES string of the molecule is Cc1c(C(=O)NCCC(=O)O)sc(=NC(=O)c2ccc(C(=N)N3CCC4(CC3)OCCO4)cc2)n1C.Cc1ccc(S(=O)(=O)O)cc1.O.O. The molecule has 16 nitrogen and oxygen atoms in total. The summed E-state index contributed by atoms with van der Waals surface area (Å²) < 4.78 is 42.7. The monoisotopic (exact) mass is 723 g/mol. The number of likely N-dealkylation sites (tertiary alicyclic amines) is 1. The minimum Gasteiger partial charge on any atom is -0.481 e. The van der Waals surface area contributed by atoms with Gasteiger partial charge in [0.25, 0.3) is 21.9 Å². The van der Waals surface area contributed by atoms with Crippen LogP contribution in [-0.2, 0) is 31.4 Å². The van der Waals surface area contributed by atoms with Gasteiger partial charge in [0.05, 0.1) is 24.5 Å². The Hall–Kier alpha value is -4.30. The Labute approximate surface area is 286 Å². The topological polar surface area (TPSA) is 264 Å². The number of carbonyl (C=O) groups excluding carboxylic acids is 2. The van der Waals surface area contributed by atoms with Crippen LogP contribution in [0.4, 0.5) is 0 Å². The number of carboxylic acid groups (broad SMARTS) is 1. The van der Waals surface area contributed by atoms with Crippen LogP contribution in [-0.4, -0.2) is 101 Å². The van der Waals surface area contributed by atoms with E-state index in [1.165, 1.54) is 12.1 Å². The third-order valence-corrected chi connectivity index (χ3v) is 9.82. The van der Waals surface area contributed by atoms with Gasteiger partial charge in [0.1, 0.15) is 10.7 Å². The van der Waals surface area contributed by atoms with E-state index >= 15 is 0 Å². The molecule has 2 saturated heterocycles. The molecule has 2 aliphatic rings. The van der Waals surface area contributed by atoms with Gasteiger partial charge in [-0.3, -0.25) is 24.3 Å². The van der Waals surface area contributed by atoms with Crippen molar-refractivity contribution in [1.29, 1.82) is 5.41 Å². The molecule has 2 aliphatic heterocycles. The van der Waals surface area contributed by atoms with Crippen LogP contribution in [0.2, 0.25) is 0 Å². The zero-order valence-electron chi connectivity index (χ0n) is 27.2. The van der Waals surface area contributed by atoms with Crippen LogP contribution in [0.15, 0.2) is 58.4 Å². The quantitative estimate of drug-likeness (QED) is 0.153. The molecule has 2 amide bonds. The van der Waals surface area contributed by atoms with Crippen molar-refractivity contribution >= 4 is 45.1 Å². The lowest BCUT2D eigenvalue weighted by Crippen LogP contribution is -2.47. The van der Waals surface area contributed by atoms with E-state index in [1.807, 2.05) is 11.8 Å². The molecule has 268 valence electrons. The molecule has 0 aliphatic carbocycles. The number of hydrogen-bond donors (Lipinski definition) is 4. The molecule has 3 heterocycles. The van der Waals surface area contributed by atoms with E-state index in [1.54, 1.807) is 54.9 Å². The number of ether oxygens (including phenoxy) is 2. The molecule has 0 bridgehead atoms. The third kappa shape index (κ3) is 10.6. The van der Waals surface area contributed by atoms with Crippen LogP contribution in [0.25, 0.3) is 0 Å². The number of carbonyl (C=O) groups is 3. The largest absolute Gasteiger partial charge is 0.481 e. The fourth-order valence-electron chi connectivity index (χ4n) is 4.87. The summed E-state index contributed by atoms with van der Waals surface area (Å²) in [6.45, 7) is 6.14. The first-order chi connectivity index (χ1) is 22.2. The molecule has 1 aromatic heterocycles. The average Bonchev–Trinajstić information content (AvgIpc) is 3.60. The Morgan fingerprint density at radius 3 is 2.06 bits per heavy atom. The van der Waals surface area contributed by atoms with Gasteiger partial charge in [0.15, 0.2) is 10.6 Å². The van der Waals surface area contributed by atoms with Crippen molar-refractivity contribution in [1.82, 2.24) is 14.8 Å². The number of aliphatic carboxylic acids is 1. The second kappa shape index (κ2) is 17.4. The Balaban J connectivity index is 0.000000548. The molecule has 18 heteroatoms. The highest BCUT2D eigenvalue weighted by Crippen LogP contribution is 2.31. The van der Waals surface area contributed by atoms with Gasteiger partial charge in [-0.1, -0.05) is 41.2 Å². The second-order valence-electron chi connectivity index (χ2n) is 11.0. The maximum atomic E-state index is 12.8. The molecule has 0 saturated carbocycles. The summed E-state index contributed by atoms with van der Waals surface area (Å²) >= 11 is 1.07. The zero-order chi connectivity index (χ0) is 34.4. The lowest BCUT2D eigenvalue weighted by molar-refractivity contribution is -0.180. The summed E-state index contributed by atoms with van der Waals surface area (Å²) in [5, 5.41) is 19.9. The lowest BCUT2D eigenvalue weighted by Gasteiger charge is -2.38. The first-order valence-electron chi connectivity index (χ1n) is 14.7. The molecule has 0 unspecified atom stereocenters. The Bertz CT molecular complexity index is 1800. The van der Waals surface area contributed by atoms with Gasteiger partial charge >= 0.3 is 5.97 Å². The number of aryl methyl sites for hydroxylation is 1. The van der Waals surface area contributed by atoms with Gasteiger partial charge in [-0.25, -0.2) is 0 Å². The minimum atomic E-state index is -4.02. The Kier molecular flexibility index (Phi) is 14.5. The molecule has 1 spiro atoms. The van der Waals surface area contributed by atoms with Gasteiger partial charge in [-0.15, -0.1) is 0 Å². The van der Waals surface area contributed by atoms with E-state index in [4.69, 9.17) is 24.5 Å². The molecular weight excluding hydrogens is 682 g/mol. The molecular formula is C31H41N5O11S2. The number of amidine groups is 1. The molecule has 8 N–H and O–H groups in total. The van der Waals surface area contributed by atoms with E-state index in [2.05, 4.69) is 10.3 Å². The summed E-state index contributed by atoms with van der Waals surface area (Å²) in [7, 11) is -2.31. The predicted molar refractivity (Wildman–Crippen MR) is 179 cm³/mol. The fraction of sp³-hybridized carbons (Fsp3) is 0.387. The van der Waals surface area contributed by atoms with E-state index < -0.39 is 33.7 Å². The number of nitrogens with one attached hydrogen (secondary N) is 2. The molecule has 0 atom stereocenters. The Morgan fingerprint density at radius 1 is 0.980 bits per heavy atom.